The molecular weight excluding hydrogens is 311 g/mol. The molecule has 1 aliphatic heterocycles. The first-order valence-electron chi connectivity index (χ1n) is 7.00. The number of benzene rings is 1. The van der Waals surface area contributed by atoms with Crippen molar-refractivity contribution in [1.29, 1.82) is 0 Å². The van der Waals surface area contributed by atoms with E-state index in [0.717, 1.165) is 31.5 Å². The maximum absolute atomic E-state index is 12.1. The van der Waals surface area contributed by atoms with E-state index in [1.165, 1.54) is 0 Å². The molecule has 0 spiro atoms. The SMILES string of the molecule is Cc1cc(OC(C)C(=O)NC2CCCNC2)ccc1Cl.Cl. The lowest BCUT2D eigenvalue weighted by molar-refractivity contribution is -0.128. The van der Waals surface area contributed by atoms with Crippen molar-refractivity contribution < 1.29 is 9.53 Å². The molecule has 1 amide bonds. The zero-order valence-electron chi connectivity index (χ0n) is 12.3. The number of nitrogens with one attached hydrogen (secondary N) is 2. The Morgan fingerprint density at radius 3 is 2.90 bits per heavy atom. The summed E-state index contributed by atoms with van der Waals surface area (Å²) in [6.07, 6.45) is 1.60. The van der Waals surface area contributed by atoms with Gasteiger partial charge < -0.3 is 15.4 Å². The minimum absolute atomic E-state index is 0. The molecule has 21 heavy (non-hydrogen) atoms. The average molecular weight is 333 g/mol. The second kappa shape index (κ2) is 8.47. The average Bonchev–Trinajstić information content (AvgIpc) is 2.44. The monoisotopic (exact) mass is 332 g/mol. The third-order valence-electron chi connectivity index (χ3n) is 3.45. The summed E-state index contributed by atoms with van der Waals surface area (Å²) >= 11 is 5.97. The molecular formula is C15H22Cl2N2O2. The summed E-state index contributed by atoms with van der Waals surface area (Å²) in [6.45, 7) is 5.53. The van der Waals surface area contributed by atoms with Crippen molar-refractivity contribution in [3.05, 3.63) is 28.8 Å². The van der Waals surface area contributed by atoms with Crippen LogP contribution in [0.3, 0.4) is 0 Å². The quantitative estimate of drug-likeness (QED) is 0.891. The van der Waals surface area contributed by atoms with Crippen molar-refractivity contribution in [3.8, 4) is 5.75 Å². The second-order valence-corrected chi connectivity index (χ2v) is 5.63. The van der Waals surface area contributed by atoms with Gasteiger partial charge in [0.15, 0.2) is 6.10 Å². The Morgan fingerprint density at radius 2 is 2.29 bits per heavy atom. The van der Waals surface area contributed by atoms with E-state index in [-0.39, 0.29) is 24.4 Å². The van der Waals surface area contributed by atoms with Crippen LogP contribution in [0, 0.1) is 6.92 Å². The number of piperidine rings is 1. The third-order valence-corrected chi connectivity index (χ3v) is 3.88. The highest BCUT2D eigenvalue weighted by Crippen LogP contribution is 2.21. The van der Waals surface area contributed by atoms with Gasteiger partial charge in [-0.25, -0.2) is 0 Å². The molecule has 118 valence electrons. The summed E-state index contributed by atoms with van der Waals surface area (Å²) in [4.78, 5) is 12.1. The van der Waals surface area contributed by atoms with Gasteiger partial charge in [-0.15, -0.1) is 12.4 Å². The second-order valence-electron chi connectivity index (χ2n) is 5.22. The smallest absolute Gasteiger partial charge is 0.261 e. The summed E-state index contributed by atoms with van der Waals surface area (Å²) < 4.78 is 5.66. The molecule has 2 rings (SSSR count). The summed E-state index contributed by atoms with van der Waals surface area (Å²) in [5.41, 5.74) is 0.938. The Morgan fingerprint density at radius 1 is 1.52 bits per heavy atom. The van der Waals surface area contributed by atoms with E-state index in [9.17, 15) is 4.79 Å². The molecule has 0 saturated carbocycles. The zero-order valence-corrected chi connectivity index (χ0v) is 13.9. The molecule has 1 saturated heterocycles. The van der Waals surface area contributed by atoms with Crippen LogP contribution in [-0.4, -0.2) is 31.1 Å². The van der Waals surface area contributed by atoms with Crippen LogP contribution in [0.2, 0.25) is 5.02 Å². The van der Waals surface area contributed by atoms with Crippen molar-refractivity contribution in [2.24, 2.45) is 0 Å². The summed E-state index contributed by atoms with van der Waals surface area (Å²) in [5.74, 6) is 0.586. The Kier molecular flexibility index (Phi) is 7.29. The molecule has 0 aromatic heterocycles. The number of hydrogen-bond donors (Lipinski definition) is 2. The van der Waals surface area contributed by atoms with Crippen LogP contribution < -0.4 is 15.4 Å². The van der Waals surface area contributed by atoms with E-state index in [1.54, 1.807) is 19.1 Å². The van der Waals surface area contributed by atoms with Gasteiger partial charge in [0.1, 0.15) is 5.75 Å². The Labute approximate surface area is 137 Å². The van der Waals surface area contributed by atoms with Gasteiger partial charge in [-0.1, -0.05) is 11.6 Å². The van der Waals surface area contributed by atoms with E-state index in [0.29, 0.717) is 10.8 Å². The van der Waals surface area contributed by atoms with Crippen LogP contribution in [0.25, 0.3) is 0 Å². The molecule has 1 fully saturated rings. The molecule has 2 unspecified atom stereocenters. The molecule has 1 aromatic rings. The van der Waals surface area contributed by atoms with Crippen LogP contribution in [0.1, 0.15) is 25.3 Å². The van der Waals surface area contributed by atoms with Gasteiger partial charge in [-0.3, -0.25) is 4.79 Å². The van der Waals surface area contributed by atoms with Gasteiger partial charge in [-0.05, 0) is 57.0 Å². The van der Waals surface area contributed by atoms with Gasteiger partial charge in [0.2, 0.25) is 0 Å². The maximum atomic E-state index is 12.1. The third kappa shape index (κ3) is 5.38. The van der Waals surface area contributed by atoms with Crippen molar-refractivity contribution in [3.63, 3.8) is 0 Å². The topological polar surface area (TPSA) is 50.4 Å². The molecule has 0 bridgehead atoms. The minimum Gasteiger partial charge on any atom is -0.481 e. The van der Waals surface area contributed by atoms with Crippen molar-refractivity contribution in [2.75, 3.05) is 13.1 Å². The fourth-order valence-corrected chi connectivity index (χ4v) is 2.36. The van der Waals surface area contributed by atoms with Crippen LogP contribution in [0.4, 0.5) is 0 Å². The lowest BCUT2D eigenvalue weighted by Crippen LogP contribution is -2.49. The number of carbonyl (C=O) groups is 1. The van der Waals surface area contributed by atoms with E-state index in [1.807, 2.05) is 13.0 Å². The van der Waals surface area contributed by atoms with Crippen LogP contribution in [0.15, 0.2) is 18.2 Å². The van der Waals surface area contributed by atoms with Gasteiger partial charge >= 0.3 is 0 Å². The van der Waals surface area contributed by atoms with Gasteiger partial charge in [0.25, 0.3) is 5.91 Å². The fraction of sp³-hybridized carbons (Fsp3) is 0.533. The summed E-state index contributed by atoms with van der Waals surface area (Å²) in [6, 6.07) is 5.60. The van der Waals surface area contributed by atoms with Crippen LogP contribution in [0.5, 0.6) is 5.75 Å². The van der Waals surface area contributed by atoms with Crippen molar-refractivity contribution in [1.82, 2.24) is 10.6 Å². The molecule has 2 N–H and O–H groups in total. The predicted molar refractivity (Wildman–Crippen MR) is 87.6 cm³/mol. The molecule has 1 aliphatic rings. The molecule has 6 heteroatoms. The first kappa shape index (κ1) is 18.1. The minimum atomic E-state index is -0.516. The van der Waals surface area contributed by atoms with Crippen LogP contribution in [-0.2, 0) is 4.79 Å². The molecule has 1 aromatic carbocycles. The Hall–Kier alpha value is -0.970. The number of ether oxygens (including phenoxy) is 1. The lowest BCUT2D eigenvalue weighted by atomic mass is 10.1. The fourth-order valence-electron chi connectivity index (χ4n) is 2.24. The number of amides is 1. The molecule has 2 atom stereocenters. The molecule has 1 heterocycles. The Bertz CT molecular complexity index is 477. The summed E-state index contributed by atoms with van der Waals surface area (Å²) in [7, 11) is 0. The highest BCUT2D eigenvalue weighted by Gasteiger charge is 2.20. The van der Waals surface area contributed by atoms with Crippen LogP contribution >= 0.6 is 24.0 Å². The zero-order chi connectivity index (χ0) is 14.5. The number of carbonyl (C=O) groups excluding carboxylic acids is 1. The normalized spacial score (nSPS) is 19.3. The van der Waals surface area contributed by atoms with Crippen molar-refractivity contribution in [2.45, 2.75) is 38.8 Å². The summed E-state index contributed by atoms with van der Waals surface area (Å²) in [5, 5.41) is 6.98. The van der Waals surface area contributed by atoms with Gasteiger partial charge in [-0.2, -0.15) is 0 Å². The molecule has 0 aliphatic carbocycles. The lowest BCUT2D eigenvalue weighted by Gasteiger charge is -2.25. The standard InChI is InChI=1S/C15H21ClN2O2.ClH/c1-10-8-13(5-6-14(10)16)20-11(2)15(19)18-12-4-3-7-17-9-12;/h5-6,8,11-12,17H,3-4,7,9H2,1-2H3,(H,18,19);1H. The van der Waals surface area contributed by atoms with E-state index < -0.39 is 6.10 Å². The van der Waals surface area contributed by atoms with Crippen molar-refractivity contribution >= 4 is 29.9 Å². The maximum Gasteiger partial charge on any atom is 0.261 e. The number of halogens is 2. The highest BCUT2D eigenvalue weighted by molar-refractivity contribution is 6.31. The van der Waals surface area contributed by atoms with Gasteiger partial charge in [0.05, 0.1) is 0 Å². The predicted octanol–water partition coefficient (Wildman–Crippen LogP) is 2.71. The van der Waals surface area contributed by atoms with E-state index in [2.05, 4.69) is 10.6 Å². The van der Waals surface area contributed by atoms with Gasteiger partial charge in [0, 0.05) is 17.6 Å². The number of aryl methyl sites for hydroxylation is 1. The van der Waals surface area contributed by atoms with E-state index in [4.69, 9.17) is 16.3 Å². The Balaban J connectivity index is 0.00000220. The molecule has 0 radical (unpaired) electrons. The first-order chi connectivity index (χ1) is 9.56. The number of hydrogen-bond acceptors (Lipinski definition) is 3. The van der Waals surface area contributed by atoms with E-state index >= 15 is 0 Å². The first-order valence-corrected chi connectivity index (χ1v) is 7.38. The highest BCUT2D eigenvalue weighted by atomic mass is 35.5. The molecule has 4 nitrogen and oxygen atoms in total. The number of rotatable bonds is 4. The largest absolute Gasteiger partial charge is 0.481 e.